The average molecular weight is 273 g/mol. The number of benzene rings is 1. The largest absolute Gasteiger partial charge is 0.299 e. The van der Waals surface area contributed by atoms with Crippen LogP contribution >= 0.6 is 0 Å². The topological polar surface area (TPSA) is 3.24 Å². The molecule has 1 aliphatic heterocycles. The fourth-order valence-electron chi connectivity index (χ4n) is 3.05. The van der Waals surface area contributed by atoms with E-state index in [9.17, 15) is 0 Å². The Bertz CT molecular complexity index is 374. The first-order chi connectivity index (χ1) is 9.59. The lowest BCUT2D eigenvalue weighted by Crippen LogP contribution is -2.33. The van der Waals surface area contributed by atoms with Crippen LogP contribution in [0, 0.1) is 11.3 Å². The second kappa shape index (κ2) is 7.26. The maximum absolute atomic E-state index is 2.62. The molecule has 1 aromatic carbocycles. The molecular weight excluding hydrogens is 242 g/mol. The van der Waals surface area contributed by atoms with Crippen LogP contribution in [-0.4, -0.2) is 18.0 Å². The second-order valence-electron chi connectivity index (χ2n) is 7.26. The molecule has 0 bridgehead atoms. The van der Waals surface area contributed by atoms with Crippen molar-refractivity contribution < 1.29 is 0 Å². The molecule has 0 saturated carbocycles. The van der Waals surface area contributed by atoms with E-state index in [1.807, 2.05) is 0 Å². The molecule has 0 aromatic heterocycles. The van der Waals surface area contributed by atoms with Gasteiger partial charge in [-0.25, -0.2) is 0 Å². The standard InChI is InChI=1S/C19H31N/c1-4-19(2,3)13-10-17-11-14-20(15-12-17)16-18-8-6-5-7-9-18/h5-9,17H,4,10-16H2,1-3H3. The summed E-state index contributed by atoms with van der Waals surface area (Å²) in [5, 5.41) is 0. The van der Waals surface area contributed by atoms with Crippen LogP contribution < -0.4 is 0 Å². The van der Waals surface area contributed by atoms with Crippen LogP contribution in [0.5, 0.6) is 0 Å². The van der Waals surface area contributed by atoms with Gasteiger partial charge in [-0.1, -0.05) is 57.5 Å². The Morgan fingerprint density at radius 2 is 1.75 bits per heavy atom. The second-order valence-corrected chi connectivity index (χ2v) is 7.26. The minimum absolute atomic E-state index is 0.543. The van der Waals surface area contributed by atoms with Crippen molar-refractivity contribution in [1.82, 2.24) is 4.90 Å². The lowest BCUT2D eigenvalue weighted by molar-refractivity contribution is 0.159. The third kappa shape index (κ3) is 4.94. The molecule has 1 aliphatic rings. The molecular formula is C19H31N. The number of piperidine rings is 1. The van der Waals surface area contributed by atoms with E-state index in [4.69, 9.17) is 0 Å². The number of hydrogen-bond donors (Lipinski definition) is 0. The molecule has 0 N–H and O–H groups in total. The molecule has 0 atom stereocenters. The number of rotatable bonds is 6. The van der Waals surface area contributed by atoms with Crippen molar-refractivity contribution in [2.75, 3.05) is 13.1 Å². The highest BCUT2D eigenvalue weighted by molar-refractivity contribution is 5.14. The van der Waals surface area contributed by atoms with Gasteiger partial charge in [0.2, 0.25) is 0 Å². The monoisotopic (exact) mass is 273 g/mol. The van der Waals surface area contributed by atoms with Gasteiger partial charge in [0.1, 0.15) is 0 Å². The van der Waals surface area contributed by atoms with Crippen molar-refractivity contribution >= 4 is 0 Å². The lowest BCUT2D eigenvalue weighted by Gasteiger charge is -2.33. The van der Waals surface area contributed by atoms with Crippen LogP contribution in [0.25, 0.3) is 0 Å². The summed E-state index contributed by atoms with van der Waals surface area (Å²) < 4.78 is 0. The van der Waals surface area contributed by atoms with Crippen LogP contribution in [0.2, 0.25) is 0 Å². The SMILES string of the molecule is CCC(C)(C)CCC1CCN(Cc2ccccc2)CC1. The Morgan fingerprint density at radius 1 is 1.10 bits per heavy atom. The summed E-state index contributed by atoms with van der Waals surface area (Å²) in [5.74, 6) is 0.966. The lowest BCUT2D eigenvalue weighted by atomic mass is 9.80. The fourth-order valence-corrected chi connectivity index (χ4v) is 3.05. The molecule has 1 nitrogen and oxygen atoms in total. The third-order valence-electron chi connectivity index (χ3n) is 5.14. The van der Waals surface area contributed by atoms with Crippen LogP contribution in [-0.2, 0) is 6.54 Å². The highest BCUT2D eigenvalue weighted by Crippen LogP contribution is 2.31. The molecule has 0 aliphatic carbocycles. The molecule has 0 amide bonds. The minimum atomic E-state index is 0.543. The van der Waals surface area contributed by atoms with Gasteiger partial charge in [-0.3, -0.25) is 4.90 Å². The van der Waals surface area contributed by atoms with E-state index < -0.39 is 0 Å². The summed E-state index contributed by atoms with van der Waals surface area (Å²) in [6, 6.07) is 10.9. The van der Waals surface area contributed by atoms with E-state index in [0.717, 1.165) is 12.5 Å². The van der Waals surface area contributed by atoms with Gasteiger partial charge in [0.25, 0.3) is 0 Å². The molecule has 1 heteroatoms. The van der Waals surface area contributed by atoms with Gasteiger partial charge < -0.3 is 0 Å². The highest BCUT2D eigenvalue weighted by Gasteiger charge is 2.22. The molecule has 0 radical (unpaired) electrons. The van der Waals surface area contributed by atoms with E-state index in [1.165, 1.54) is 50.8 Å². The maximum Gasteiger partial charge on any atom is 0.0233 e. The molecule has 1 heterocycles. The Morgan fingerprint density at radius 3 is 2.35 bits per heavy atom. The number of hydrogen-bond acceptors (Lipinski definition) is 1. The highest BCUT2D eigenvalue weighted by atomic mass is 15.1. The van der Waals surface area contributed by atoms with Crippen LogP contribution in [0.3, 0.4) is 0 Å². The molecule has 0 unspecified atom stereocenters. The molecule has 1 fully saturated rings. The zero-order valence-electron chi connectivity index (χ0n) is 13.6. The van der Waals surface area contributed by atoms with Crippen molar-refractivity contribution in [2.24, 2.45) is 11.3 Å². The smallest absolute Gasteiger partial charge is 0.0233 e. The van der Waals surface area contributed by atoms with E-state index >= 15 is 0 Å². The Kier molecular flexibility index (Phi) is 5.65. The van der Waals surface area contributed by atoms with Gasteiger partial charge in [0, 0.05) is 6.54 Å². The van der Waals surface area contributed by atoms with Crippen molar-refractivity contribution in [1.29, 1.82) is 0 Å². The van der Waals surface area contributed by atoms with E-state index in [-0.39, 0.29) is 0 Å². The van der Waals surface area contributed by atoms with Gasteiger partial charge in [-0.15, -0.1) is 0 Å². The zero-order chi connectivity index (χ0) is 14.4. The average Bonchev–Trinajstić information content (AvgIpc) is 2.48. The Balaban J connectivity index is 1.70. The molecule has 0 spiro atoms. The first-order valence-electron chi connectivity index (χ1n) is 8.35. The summed E-state index contributed by atoms with van der Waals surface area (Å²) in [6.45, 7) is 10.9. The van der Waals surface area contributed by atoms with Gasteiger partial charge in [-0.2, -0.15) is 0 Å². The van der Waals surface area contributed by atoms with E-state index in [0.29, 0.717) is 5.41 Å². The first-order valence-corrected chi connectivity index (χ1v) is 8.35. The maximum atomic E-state index is 2.62. The summed E-state index contributed by atoms with van der Waals surface area (Å²) in [4.78, 5) is 2.62. The predicted octanol–water partition coefficient (Wildman–Crippen LogP) is 5.12. The predicted molar refractivity (Wildman–Crippen MR) is 87.7 cm³/mol. The first kappa shape index (κ1) is 15.6. The van der Waals surface area contributed by atoms with Crippen molar-refractivity contribution in [3.8, 4) is 0 Å². The van der Waals surface area contributed by atoms with Gasteiger partial charge in [-0.05, 0) is 55.7 Å². The van der Waals surface area contributed by atoms with Gasteiger partial charge in [0.05, 0.1) is 0 Å². The number of nitrogens with zero attached hydrogens (tertiary/aromatic N) is 1. The molecule has 2 rings (SSSR count). The Hall–Kier alpha value is -0.820. The van der Waals surface area contributed by atoms with Gasteiger partial charge >= 0.3 is 0 Å². The van der Waals surface area contributed by atoms with Crippen LogP contribution in [0.1, 0.15) is 58.4 Å². The van der Waals surface area contributed by atoms with Crippen molar-refractivity contribution in [3.05, 3.63) is 35.9 Å². The van der Waals surface area contributed by atoms with E-state index in [2.05, 4.69) is 56.0 Å². The Labute approximate surface area is 125 Å². The molecule has 1 aromatic rings. The van der Waals surface area contributed by atoms with E-state index in [1.54, 1.807) is 0 Å². The van der Waals surface area contributed by atoms with Crippen LogP contribution in [0.4, 0.5) is 0 Å². The summed E-state index contributed by atoms with van der Waals surface area (Å²) in [6.07, 6.45) is 6.92. The van der Waals surface area contributed by atoms with Crippen molar-refractivity contribution in [2.45, 2.75) is 59.4 Å². The quantitative estimate of drug-likeness (QED) is 0.695. The summed E-state index contributed by atoms with van der Waals surface area (Å²) in [5.41, 5.74) is 2.00. The fraction of sp³-hybridized carbons (Fsp3) is 0.684. The van der Waals surface area contributed by atoms with Crippen LogP contribution in [0.15, 0.2) is 30.3 Å². The third-order valence-corrected chi connectivity index (χ3v) is 5.14. The zero-order valence-corrected chi connectivity index (χ0v) is 13.6. The summed E-state index contributed by atoms with van der Waals surface area (Å²) >= 11 is 0. The summed E-state index contributed by atoms with van der Waals surface area (Å²) in [7, 11) is 0. The van der Waals surface area contributed by atoms with Crippen molar-refractivity contribution in [3.63, 3.8) is 0 Å². The normalized spacial score (nSPS) is 18.4. The molecule has 20 heavy (non-hydrogen) atoms. The van der Waals surface area contributed by atoms with Gasteiger partial charge in [0.15, 0.2) is 0 Å². The number of likely N-dealkylation sites (tertiary alicyclic amines) is 1. The molecule has 112 valence electrons. The molecule has 1 saturated heterocycles. The minimum Gasteiger partial charge on any atom is -0.299 e.